The Kier molecular flexibility index (Phi) is 4.15. The fourth-order valence-electron chi connectivity index (χ4n) is 3.96. The van der Waals surface area contributed by atoms with Gasteiger partial charge in [0.1, 0.15) is 0 Å². The lowest BCUT2D eigenvalue weighted by Crippen LogP contribution is -2.52. The molecule has 1 aliphatic heterocycles. The molecule has 3 heterocycles. The number of carbonyl (C=O) groups excluding carboxylic acids is 2. The van der Waals surface area contributed by atoms with Gasteiger partial charge >= 0.3 is 0 Å². The number of nitrogens with zero attached hydrogens (tertiary/aromatic N) is 3. The third-order valence-electron chi connectivity index (χ3n) is 6.20. The Morgan fingerprint density at radius 3 is 2.31 bits per heavy atom. The van der Waals surface area contributed by atoms with Gasteiger partial charge in [-0.25, -0.2) is 4.98 Å². The average Bonchev–Trinajstić information content (AvgIpc) is 3.34. The summed E-state index contributed by atoms with van der Waals surface area (Å²) >= 11 is 0. The van der Waals surface area contributed by atoms with Crippen molar-refractivity contribution in [3.63, 3.8) is 0 Å². The number of hydrogen-bond acceptors (Lipinski definition) is 3. The van der Waals surface area contributed by atoms with Crippen molar-refractivity contribution in [3.8, 4) is 11.3 Å². The fraction of sp³-hybridized carbons (Fsp3) is 0.348. The highest BCUT2D eigenvalue weighted by molar-refractivity contribution is 5.95. The molecule has 2 aromatic heterocycles. The summed E-state index contributed by atoms with van der Waals surface area (Å²) in [6.45, 7) is 4.47. The van der Waals surface area contributed by atoms with Gasteiger partial charge in [0.2, 0.25) is 5.91 Å². The summed E-state index contributed by atoms with van der Waals surface area (Å²) in [7, 11) is 0. The number of hydrogen-bond donors (Lipinski definition) is 1. The van der Waals surface area contributed by atoms with E-state index in [4.69, 9.17) is 0 Å². The lowest BCUT2D eigenvalue weighted by molar-refractivity contribution is -0.137. The predicted octanol–water partition coefficient (Wildman–Crippen LogP) is 3.31. The number of carbonyl (C=O) groups is 2. The zero-order valence-electron chi connectivity index (χ0n) is 16.5. The molecule has 2 amide bonds. The van der Waals surface area contributed by atoms with E-state index < -0.39 is 0 Å². The van der Waals surface area contributed by atoms with E-state index in [-0.39, 0.29) is 17.2 Å². The molecule has 1 saturated carbocycles. The third-order valence-corrected chi connectivity index (χ3v) is 6.20. The van der Waals surface area contributed by atoms with Crippen LogP contribution in [0.2, 0.25) is 0 Å². The molecular formula is C23H24N4O2. The van der Waals surface area contributed by atoms with Crippen LogP contribution in [0.4, 0.5) is 0 Å². The molecule has 0 unspecified atom stereocenters. The lowest BCUT2D eigenvalue weighted by atomic mass is 10.1. The van der Waals surface area contributed by atoms with E-state index in [9.17, 15) is 9.59 Å². The van der Waals surface area contributed by atoms with E-state index >= 15 is 0 Å². The molecule has 1 N–H and O–H groups in total. The van der Waals surface area contributed by atoms with Crippen LogP contribution in [0.3, 0.4) is 0 Å². The number of H-pyrrole nitrogens is 1. The summed E-state index contributed by atoms with van der Waals surface area (Å²) in [6, 6.07) is 13.6. The molecule has 29 heavy (non-hydrogen) atoms. The van der Waals surface area contributed by atoms with Gasteiger partial charge in [-0.2, -0.15) is 0 Å². The highest BCUT2D eigenvalue weighted by Crippen LogP contribution is 2.46. The van der Waals surface area contributed by atoms with Gasteiger partial charge in [-0.1, -0.05) is 19.1 Å². The molecule has 0 atom stereocenters. The molecule has 5 rings (SSSR count). The molecule has 0 radical (unpaired) electrons. The summed E-state index contributed by atoms with van der Waals surface area (Å²) in [6.07, 6.45) is 3.86. The number of pyridine rings is 1. The van der Waals surface area contributed by atoms with Gasteiger partial charge in [0, 0.05) is 48.9 Å². The molecule has 0 spiro atoms. The SMILES string of the molecule is CC1(C(=O)N2CCN(C(=O)c3ccc(-c4ccc5[nH]ccc5n4)cc3)CC2)CC1. The molecule has 6 heteroatoms. The monoisotopic (exact) mass is 388 g/mol. The summed E-state index contributed by atoms with van der Waals surface area (Å²) in [5, 5.41) is 0. The van der Waals surface area contributed by atoms with Gasteiger partial charge in [-0.15, -0.1) is 0 Å². The Morgan fingerprint density at radius 2 is 1.62 bits per heavy atom. The maximum absolute atomic E-state index is 12.9. The van der Waals surface area contributed by atoms with E-state index in [0.717, 1.165) is 35.1 Å². The van der Waals surface area contributed by atoms with Crippen LogP contribution in [0.1, 0.15) is 30.1 Å². The van der Waals surface area contributed by atoms with Crippen molar-refractivity contribution in [3.05, 3.63) is 54.2 Å². The van der Waals surface area contributed by atoms with Crippen LogP contribution >= 0.6 is 0 Å². The zero-order chi connectivity index (χ0) is 20.0. The molecule has 1 saturated heterocycles. The zero-order valence-corrected chi connectivity index (χ0v) is 16.5. The molecule has 148 valence electrons. The number of piperazine rings is 1. The normalized spacial score (nSPS) is 18.1. The van der Waals surface area contributed by atoms with E-state index in [0.29, 0.717) is 31.7 Å². The maximum atomic E-state index is 12.9. The second kappa shape index (κ2) is 6.72. The first-order chi connectivity index (χ1) is 14.0. The van der Waals surface area contributed by atoms with E-state index in [1.54, 1.807) is 0 Å². The van der Waals surface area contributed by atoms with Crippen molar-refractivity contribution >= 4 is 22.8 Å². The van der Waals surface area contributed by atoms with Gasteiger partial charge in [0.25, 0.3) is 5.91 Å². The van der Waals surface area contributed by atoms with Crippen molar-refractivity contribution in [2.75, 3.05) is 26.2 Å². The predicted molar refractivity (Wildman–Crippen MR) is 111 cm³/mol. The van der Waals surface area contributed by atoms with Gasteiger partial charge in [-0.3, -0.25) is 9.59 Å². The minimum absolute atomic E-state index is 0.0235. The van der Waals surface area contributed by atoms with E-state index in [2.05, 4.69) is 9.97 Å². The summed E-state index contributed by atoms with van der Waals surface area (Å²) < 4.78 is 0. The second-order valence-electron chi connectivity index (χ2n) is 8.33. The van der Waals surface area contributed by atoms with Crippen molar-refractivity contribution in [1.82, 2.24) is 19.8 Å². The Morgan fingerprint density at radius 1 is 0.931 bits per heavy atom. The topological polar surface area (TPSA) is 69.3 Å². The quantitative estimate of drug-likeness (QED) is 0.748. The van der Waals surface area contributed by atoms with Gasteiger partial charge in [-0.05, 0) is 43.2 Å². The molecule has 2 aliphatic rings. The van der Waals surface area contributed by atoms with Crippen LogP contribution in [0, 0.1) is 5.41 Å². The number of aromatic nitrogens is 2. The Labute approximate surface area is 169 Å². The number of amides is 2. The first-order valence-electron chi connectivity index (χ1n) is 10.2. The summed E-state index contributed by atoms with van der Waals surface area (Å²) in [4.78, 5) is 36.9. The van der Waals surface area contributed by atoms with Gasteiger partial charge in [0.05, 0.1) is 16.7 Å². The highest BCUT2D eigenvalue weighted by atomic mass is 16.2. The molecule has 1 aromatic carbocycles. The minimum Gasteiger partial charge on any atom is -0.360 e. The van der Waals surface area contributed by atoms with Crippen LogP contribution in [-0.2, 0) is 4.79 Å². The molecule has 6 nitrogen and oxygen atoms in total. The third kappa shape index (κ3) is 3.28. The molecule has 0 bridgehead atoms. The van der Waals surface area contributed by atoms with Crippen molar-refractivity contribution in [2.45, 2.75) is 19.8 Å². The average molecular weight is 388 g/mol. The van der Waals surface area contributed by atoms with Crippen LogP contribution in [0.5, 0.6) is 0 Å². The largest absolute Gasteiger partial charge is 0.360 e. The maximum Gasteiger partial charge on any atom is 0.253 e. The van der Waals surface area contributed by atoms with Crippen LogP contribution in [-0.4, -0.2) is 57.8 Å². The van der Waals surface area contributed by atoms with Crippen molar-refractivity contribution < 1.29 is 9.59 Å². The molecular weight excluding hydrogens is 364 g/mol. The number of benzene rings is 1. The first kappa shape index (κ1) is 17.9. The van der Waals surface area contributed by atoms with E-state index in [1.807, 2.05) is 65.4 Å². The Hall–Kier alpha value is -3.15. The molecule has 2 fully saturated rings. The minimum atomic E-state index is -0.139. The second-order valence-corrected chi connectivity index (χ2v) is 8.33. The summed E-state index contributed by atoms with van der Waals surface area (Å²) in [5.41, 5.74) is 4.34. The highest BCUT2D eigenvalue weighted by Gasteiger charge is 2.47. The van der Waals surface area contributed by atoms with Crippen LogP contribution in [0.25, 0.3) is 22.3 Å². The number of nitrogens with one attached hydrogen (secondary N) is 1. The lowest BCUT2D eigenvalue weighted by Gasteiger charge is -2.36. The summed E-state index contributed by atoms with van der Waals surface area (Å²) in [5.74, 6) is 0.274. The number of rotatable bonds is 3. The van der Waals surface area contributed by atoms with Gasteiger partial charge in [0.15, 0.2) is 0 Å². The fourth-order valence-corrected chi connectivity index (χ4v) is 3.96. The standard InChI is InChI=1S/C23H24N4O2/c1-23(9-10-23)22(29)27-14-12-26(13-15-27)21(28)17-4-2-16(3-5-17)18-6-7-19-20(25-18)8-11-24-19/h2-8,11,24H,9-10,12-15H2,1H3. The van der Waals surface area contributed by atoms with Gasteiger partial charge < -0.3 is 14.8 Å². The van der Waals surface area contributed by atoms with Crippen LogP contribution < -0.4 is 0 Å². The molecule has 1 aliphatic carbocycles. The first-order valence-corrected chi connectivity index (χ1v) is 10.2. The van der Waals surface area contributed by atoms with Crippen LogP contribution in [0.15, 0.2) is 48.7 Å². The van der Waals surface area contributed by atoms with E-state index in [1.165, 1.54) is 0 Å². The van der Waals surface area contributed by atoms with Crippen molar-refractivity contribution in [2.24, 2.45) is 5.41 Å². The number of fused-ring (bicyclic) bond motifs is 1. The smallest absolute Gasteiger partial charge is 0.253 e. The Bertz CT molecular complexity index is 1070. The molecule has 3 aromatic rings. The van der Waals surface area contributed by atoms with Crippen molar-refractivity contribution in [1.29, 1.82) is 0 Å². The number of aromatic amines is 1. The Balaban J connectivity index is 1.25.